The van der Waals surface area contributed by atoms with Gasteiger partial charge in [-0.3, -0.25) is 10.2 Å². The lowest BCUT2D eigenvalue weighted by atomic mass is 10.2. The third-order valence-corrected chi connectivity index (χ3v) is 3.56. The van der Waals surface area contributed by atoms with Crippen molar-refractivity contribution in [2.45, 2.75) is 18.7 Å². The van der Waals surface area contributed by atoms with E-state index in [1.807, 2.05) is 0 Å². The van der Waals surface area contributed by atoms with Gasteiger partial charge in [0.2, 0.25) is 10.0 Å². The summed E-state index contributed by atoms with van der Waals surface area (Å²) in [7, 11) is -3.76. The maximum atomic E-state index is 11.4. The van der Waals surface area contributed by atoms with Crippen LogP contribution in [0, 0.1) is 5.92 Å². The van der Waals surface area contributed by atoms with Crippen LogP contribution in [0.2, 0.25) is 0 Å². The Labute approximate surface area is 121 Å². The lowest BCUT2D eigenvalue weighted by Crippen LogP contribution is -2.14. The van der Waals surface area contributed by atoms with E-state index in [9.17, 15) is 13.2 Å². The van der Waals surface area contributed by atoms with Gasteiger partial charge in [-0.25, -0.2) is 18.4 Å². The molecule has 0 aliphatic rings. The first kappa shape index (κ1) is 16.4. The number of nitrogens with two attached hydrogens (primary N) is 1. The molecule has 0 saturated heterocycles. The van der Waals surface area contributed by atoms with Crippen molar-refractivity contribution >= 4 is 38.6 Å². The summed E-state index contributed by atoms with van der Waals surface area (Å²) in [6, 6.07) is 5.26. The van der Waals surface area contributed by atoms with E-state index in [0.717, 1.165) is 0 Å². The molecule has 1 rings (SSSR count). The fraction of sp³-hybridized carbons (Fsp3) is 0.273. The molecule has 0 unspecified atom stereocenters. The number of anilines is 1. The molecular formula is C11H14ClN3O4S. The van der Waals surface area contributed by atoms with Crippen molar-refractivity contribution < 1.29 is 18.0 Å². The van der Waals surface area contributed by atoms with Crippen molar-refractivity contribution in [1.29, 1.82) is 0 Å². The Balaban J connectivity index is 2.66. The normalized spacial score (nSPS) is 12.3. The molecule has 1 aromatic rings. The Hall–Kier alpha value is -1.64. The van der Waals surface area contributed by atoms with Crippen LogP contribution in [0.3, 0.4) is 0 Å². The average Bonchev–Trinajstić information content (AvgIpc) is 2.35. The van der Waals surface area contributed by atoms with E-state index in [0.29, 0.717) is 5.69 Å². The van der Waals surface area contributed by atoms with E-state index >= 15 is 0 Å². The van der Waals surface area contributed by atoms with Crippen molar-refractivity contribution in [2.75, 3.05) is 5.32 Å². The monoisotopic (exact) mass is 319 g/mol. The molecule has 0 radical (unpaired) electrons. The first-order valence-corrected chi connectivity index (χ1v) is 7.47. The number of oxime groups is 1. The van der Waals surface area contributed by atoms with Crippen LogP contribution in [0.1, 0.15) is 13.8 Å². The number of amides is 1. The van der Waals surface area contributed by atoms with Gasteiger partial charge in [-0.1, -0.05) is 30.6 Å². The van der Waals surface area contributed by atoms with Gasteiger partial charge in [0.15, 0.2) is 0 Å². The van der Waals surface area contributed by atoms with Crippen LogP contribution in [-0.2, 0) is 14.9 Å². The smallest absolute Gasteiger partial charge is 0.297 e. The van der Waals surface area contributed by atoms with Gasteiger partial charge in [0, 0.05) is 11.6 Å². The lowest BCUT2D eigenvalue weighted by molar-refractivity contribution is 0.166. The molecule has 1 aromatic carbocycles. The van der Waals surface area contributed by atoms with Crippen molar-refractivity contribution in [3.05, 3.63) is 24.3 Å². The van der Waals surface area contributed by atoms with E-state index < -0.39 is 16.1 Å². The van der Waals surface area contributed by atoms with E-state index in [-0.39, 0.29) is 16.0 Å². The summed E-state index contributed by atoms with van der Waals surface area (Å²) < 4.78 is 22.1. The van der Waals surface area contributed by atoms with Crippen molar-refractivity contribution in [1.82, 2.24) is 0 Å². The predicted octanol–water partition coefficient (Wildman–Crippen LogP) is 2.09. The van der Waals surface area contributed by atoms with Gasteiger partial charge in [-0.2, -0.15) is 0 Å². The first-order valence-electron chi connectivity index (χ1n) is 5.54. The summed E-state index contributed by atoms with van der Waals surface area (Å²) in [6.45, 7) is 3.58. The molecule has 0 aliphatic heterocycles. The quantitative estimate of drug-likeness (QED) is 0.503. The second-order valence-electron chi connectivity index (χ2n) is 4.14. The Kier molecular flexibility index (Phi) is 5.49. The summed E-state index contributed by atoms with van der Waals surface area (Å²) in [6.07, 6.45) is -0.841. The minimum Gasteiger partial charge on any atom is -0.297 e. The number of carbonyl (C=O) groups excluding carboxylic acids is 1. The zero-order chi connectivity index (χ0) is 15.3. The fourth-order valence-corrected chi connectivity index (χ4v) is 1.61. The van der Waals surface area contributed by atoms with Gasteiger partial charge >= 0.3 is 6.09 Å². The Morgan fingerprint density at radius 2 is 1.90 bits per heavy atom. The van der Waals surface area contributed by atoms with Crippen LogP contribution < -0.4 is 10.5 Å². The van der Waals surface area contributed by atoms with Crippen molar-refractivity contribution in [2.24, 2.45) is 16.2 Å². The molecule has 0 saturated carbocycles. The summed E-state index contributed by atoms with van der Waals surface area (Å²) in [5.41, 5.74) is 0.332. The molecule has 20 heavy (non-hydrogen) atoms. The summed E-state index contributed by atoms with van der Waals surface area (Å²) in [4.78, 5) is 15.9. The Bertz CT molecular complexity index is 611. The van der Waals surface area contributed by atoms with Gasteiger partial charge < -0.3 is 0 Å². The topological polar surface area (TPSA) is 111 Å². The number of primary sulfonamides is 1. The maximum absolute atomic E-state index is 11.4. The Morgan fingerprint density at radius 1 is 1.35 bits per heavy atom. The number of rotatable bonds is 4. The standard InChI is InChI=1S/C11H14ClN3O4S/c1-7(2)10(12)15-19-11(16)14-8-3-5-9(6-4-8)20(13,17)18/h3-7H,1-2H3,(H,14,16)(H2,13,17,18)/b15-10+. The van der Waals surface area contributed by atoms with Gasteiger partial charge in [-0.15, -0.1) is 0 Å². The molecule has 3 N–H and O–H groups in total. The highest BCUT2D eigenvalue weighted by atomic mass is 35.5. The minimum atomic E-state index is -3.76. The van der Waals surface area contributed by atoms with E-state index in [1.54, 1.807) is 13.8 Å². The Morgan fingerprint density at radius 3 is 2.35 bits per heavy atom. The van der Waals surface area contributed by atoms with Gasteiger partial charge in [0.1, 0.15) is 5.17 Å². The average molecular weight is 320 g/mol. The molecule has 110 valence electrons. The number of nitrogens with zero attached hydrogens (tertiary/aromatic N) is 1. The number of carbonyl (C=O) groups is 1. The highest BCUT2D eigenvalue weighted by Crippen LogP contribution is 2.13. The summed E-state index contributed by atoms with van der Waals surface area (Å²) in [5.74, 6) is -0.0569. The van der Waals surface area contributed by atoms with Crippen molar-refractivity contribution in [3.8, 4) is 0 Å². The van der Waals surface area contributed by atoms with Crippen LogP contribution in [-0.4, -0.2) is 19.7 Å². The van der Waals surface area contributed by atoms with Crippen LogP contribution in [0.25, 0.3) is 0 Å². The number of benzene rings is 1. The van der Waals surface area contributed by atoms with Crippen LogP contribution in [0.15, 0.2) is 34.3 Å². The van der Waals surface area contributed by atoms with Gasteiger partial charge in [0.25, 0.3) is 0 Å². The van der Waals surface area contributed by atoms with Crippen LogP contribution in [0.5, 0.6) is 0 Å². The largest absolute Gasteiger partial charge is 0.437 e. The predicted molar refractivity (Wildman–Crippen MR) is 76.0 cm³/mol. The second kappa shape index (κ2) is 6.69. The molecule has 7 nitrogen and oxygen atoms in total. The second-order valence-corrected chi connectivity index (χ2v) is 6.09. The number of nitrogens with one attached hydrogen (secondary N) is 1. The molecule has 9 heteroatoms. The molecular weight excluding hydrogens is 306 g/mol. The molecule has 0 heterocycles. The lowest BCUT2D eigenvalue weighted by Gasteiger charge is -2.05. The molecule has 0 fully saturated rings. The van der Waals surface area contributed by atoms with Crippen LogP contribution in [0.4, 0.5) is 10.5 Å². The molecule has 1 amide bonds. The minimum absolute atomic E-state index is 0.0569. The van der Waals surface area contributed by atoms with E-state index in [1.165, 1.54) is 24.3 Å². The molecule has 0 bridgehead atoms. The van der Waals surface area contributed by atoms with Gasteiger partial charge in [0.05, 0.1) is 4.90 Å². The highest BCUT2D eigenvalue weighted by Gasteiger charge is 2.09. The molecule has 0 aliphatic carbocycles. The van der Waals surface area contributed by atoms with E-state index in [2.05, 4.69) is 15.3 Å². The number of hydrogen-bond acceptors (Lipinski definition) is 5. The fourth-order valence-electron chi connectivity index (χ4n) is 1.06. The third-order valence-electron chi connectivity index (χ3n) is 2.12. The maximum Gasteiger partial charge on any atom is 0.437 e. The highest BCUT2D eigenvalue weighted by molar-refractivity contribution is 7.89. The zero-order valence-electron chi connectivity index (χ0n) is 10.8. The van der Waals surface area contributed by atoms with Crippen molar-refractivity contribution in [3.63, 3.8) is 0 Å². The van der Waals surface area contributed by atoms with Crippen LogP contribution >= 0.6 is 11.6 Å². The number of sulfonamides is 1. The molecule has 0 spiro atoms. The summed E-state index contributed by atoms with van der Waals surface area (Å²) >= 11 is 5.70. The SMILES string of the molecule is CC(C)/C(Cl)=N\OC(=O)Nc1ccc(S(N)(=O)=O)cc1. The number of halogens is 1. The first-order chi connectivity index (χ1) is 9.20. The molecule has 0 aromatic heterocycles. The van der Waals surface area contributed by atoms with Gasteiger partial charge in [-0.05, 0) is 24.3 Å². The molecule has 0 atom stereocenters. The zero-order valence-corrected chi connectivity index (χ0v) is 12.4. The van der Waals surface area contributed by atoms with E-state index in [4.69, 9.17) is 16.7 Å². The summed E-state index contributed by atoms with van der Waals surface area (Å²) in [5, 5.41) is 10.9. The third kappa shape index (κ3) is 5.16. The number of hydrogen-bond donors (Lipinski definition) is 2.